The molecule has 0 radical (unpaired) electrons. The monoisotopic (exact) mass is 336 g/mol. The fourth-order valence-electron chi connectivity index (χ4n) is 5.73. The van der Waals surface area contributed by atoms with Crippen LogP contribution in [0, 0.1) is 17.8 Å². The molecule has 1 nitrogen and oxygen atoms in total. The zero-order valence-corrected chi connectivity index (χ0v) is 16.9. The van der Waals surface area contributed by atoms with Crippen LogP contribution >= 0.6 is 0 Å². The molecule has 23 heavy (non-hydrogen) atoms. The topological polar surface area (TPSA) is 9.23 Å². The lowest BCUT2D eigenvalue weighted by molar-refractivity contribution is 0.208. The van der Waals surface area contributed by atoms with Gasteiger partial charge in [-0.1, -0.05) is 96.3 Å². The van der Waals surface area contributed by atoms with Crippen LogP contribution in [-0.4, -0.2) is 16.4 Å². The van der Waals surface area contributed by atoms with Crippen molar-refractivity contribution in [3.63, 3.8) is 0 Å². The maximum absolute atomic E-state index is 6.44. The second kappa shape index (κ2) is 10.2. The first-order chi connectivity index (χ1) is 11.4. The van der Waals surface area contributed by atoms with E-state index in [0.717, 1.165) is 29.9 Å². The molecule has 3 rings (SSSR count). The van der Waals surface area contributed by atoms with Gasteiger partial charge in [-0.2, -0.15) is 0 Å². The third-order valence-electron chi connectivity index (χ3n) is 7.22. The van der Waals surface area contributed by atoms with Crippen LogP contribution in [0.25, 0.3) is 0 Å². The molecule has 3 aliphatic carbocycles. The zero-order chi connectivity index (χ0) is 15.7. The quantitative estimate of drug-likeness (QED) is 0.409. The molecule has 2 heteroatoms. The average Bonchev–Trinajstić information content (AvgIpc) is 2.64. The molecule has 0 aliphatic heterocycles. The standard InChI is InChI=1S/C21H40OSi/c1-4-10-18(11-5-1)16-17-22-23-21(19-12-6-2-7-13-19)20-14-8-3-9-15-20/h18-21H,1-17,23H2. The van der Waals surface area contributed by atoms with Gasteiger partial charge < -0.3 is 4.43 Å². The van der Waals surface area contributed by atoms with Crippen LogP contribution in [0.5, 0.6) is 0 Å². The van der Waals surface area contributed by atoms with Crippen molar-refractivity contribution in [2.75, 3.05) is 6.61 Å². The number of hydrogen-bond donors (Lipinski definition) is 0. The van der Waals surface area contributed by atoms with Gasteiger partial charge in [-0.3, -0.25) is 0 Å². The van der Waals surface area contributed by atoms with Crippen molar-refractivity contribution in [2.24, 2.45) is 17.8 Å². The Morgan fingerprint density at radius 3 is 1.65 bits per heavy atom. The van der Waals surface area contributed by atoms with Crippen molar-refractivity contribution >= 4 is 9.76 Å². The van der Waals surface area contributed by atoms with Gasteiger partial charge in [-0.25, -0.2) is 0 Å². The van der Waals surface area contributed by atoms with Crippen LogP contribution in [0.15, 0.2) is 0 Å². The van der Waals surface area contributed by atoms with Crippen LogP contribution in [-0.2, 0) is 4.43 Å². The second-order valence-electron chi connectivity index (χ2n) is 8.83. The van der Waals surface area contributed by atoms with Gasteiger partial charge >= 0.3 is 0 Å². The highest BCUT2D eigenvalue weighted by molar-refractivity contribution is 6.29. The summed E-state index contributed by atoms with van der Waals surface area (Å²) in [6.45, 7) is 1.10. The molecule has 0 N–H and O–H groups in total. The molecule has 0 bridgehead atoms. The lowest BCUT2D eigenvalue weighted by Gasteiger charge is -2.37. The van der Waals surface area contributed by atoms with Gasteiger partial charge in [0, 0.05) is 6.61 Å². The Balaban J connectivity index is 1.42. The number of hydrogen-bond acceptors (Lipinski definition) is 1. The Hall–Kier alpha value is 0.177. The smallest absolute Gasteiger partial charge is 0.165 e. The molecule has 0 saturated heterocycles. The van der Waals surface area contributed by atoms with E-state index >= 15 is 0 Å². The minimum Gasteiger partial charge on any atom is -0.424 e. The van der Waals surface area contributed by atoms with E-state index in [2.05, 4.69) is 0 Å². The molecule has 0 aromatic rings. The third kappa shape index (κ3) is 5.88. The fraction of sp³-hybridized carbons (Fsp3) is 1.00. The van der Waals surface area contributed by atoms with Gasteiger partial charge in [-0.15, -0.1) is 0 Å². The van der Waals surface area contributed by atoms with Crippen molar-refractivity contribution in [3.05, 3.63) is 0 Å². The average molecular weight is 337 g/mol. The summed E-state index contributed by atoms with van der Waals surface area (Å²) in [5, 5.41) is 0. The predicted molar refractivity (Wildman–Crippen MR) is 103 cm³/mol. The van der Waals surface area contributed by atoms with Crippen molar-refractivity contribution in [1.29, 1.82) is 0 Å². The van der Waals surface area contributed by atoms with E-state index in [4.69, 9.17) is 4.43 Å². The van der Waals surface area contributed by atoms with E-state index in [0.29, 0.717) is 0 Å². The third-order valence-corrected chi connectivity index (χ3v) is 9.46. The van der Waals surface area contributed by atoms with Crippen LogP contribution in [0.4, 0.5) is 0 Å². The van der Waals surface area contributed by atoms with Crippen molar-refractivity contribution in [3.8, 4) is 0 Å². The Morgan fingerprint density at radius 2 is 1.13 bits per heavy atom. The Kier molecular flexibility index (Phi) is 8.00. The summed E-state index contributed by atoms with van der Waals surface area (Å²) < 4.78 is 6.44. The maximum Gasteiger partial charge on any atom is 0.165 e. The van der Waals surface area contributed by atoms with Gasteiger partial charge in [0.1, 0.15) is 0 Å². The highest BCUT2D eigenvalue weighted by Crippen LogP contribution is 2.43. The Labute approximate surface area is 147 Å². The molecule has 3 fully saturated rings. The highest BCUT2D eigenvalue weighted by atomic mass is 28.2. The summed E-state index contributed by atoms with van der Waals surface area (Å²) in [4.78, 5) is 0. The Bertz CT molecular complexity index is 283. The molecule has 0 heterocycles. The molecule has 0 atom stereocenters. The summed E-state index contributed by atoms with van der Waals surface area (Å²) in [5.74, 6) is 3.10. The SMILES string of the molecule is C1CCC(CCO[SiH2]C(C2CCCCC2)C2CCCCC2)CC1. The van der Waals surface area contributed by atoms with Gasteiger partial charge in [0.25, 0.3) is 0 Å². The fourth-order valence-corrected chi connectivity index (χ4v) is 7.82. The lowest BCUT2D eigenvalue weighted by Crippen LogP contribution is -2.28. The van der Waals surface area contributed by atoms with E-state index in [-0.39, 0.29) is 9.76 Å². The molecule has 134 valence electrons. The summed E-state index contributed by atoms with van der Waals surface area (Å²) in [5.41, 5.74) is 1.03. The van der Waals surface area contributed by atoms with E-state index in [1.807, 2.05) is 0 Å². The van der Waals surface area contributed by atoms with Gasteiger partial charge in [0.15, 0.2) is 9.76 Å². The number of rotatable bonds is 7. The van der Waals surface area contributed by atoms with E-state index in [1.165, 1.54) is 103 Å². The van der Waals surface area contributed by atoms with Crippen LogP contribution in [0.2, 0.25) is 5.54 Å². The normalized spacial score (nSPS) is 26.5. The molecule has 0 spiro atoms. The minimum atomic E-state index is -0.311. The molecule has 0 aromatic carbocycles. The highest BCUT2D eigenvalue weighted by Gasteiger charge is 2.32. The summed E-state index contributed by atoms with van der Waals surface area (Å²) in [6.07, 6.45) is 23.9. The van der Waals surface area contributed by atoms with Gasteiger partial charge in [0.2, 0.25) is 0 Å². The predicted octanol–water partition coefficient (Wildman–Crippen LogP) is 6.01. The summed E-state index contributed by atoms with van der Waals surface area (Å²) >= 11 is 0. The first kappa shape index (κ1) is 18.0. The molecule has 3 aliphatic rings. The molecular formula is C21H40OSi. The molecule has 3 saturated carbocycles. The van der Waals surface area contributed by atoms with Crippen LogP contribution < -0.4 is 0 Å². The summed E-state index contributed by atoms with van der Waals surface area (Å²) in [7, 11) is -0.311. The lowest BCUT2D eigenvalue weighted by atomic mass is 9.77. The largest absolute Gasteiger partial charge is 0.424 e. The van der Waals surface area contributed by atoms with Crippen LogP contribution in [0.3, 0.4) is 0 Å². The van der Waals surface area contributed by atoms with Gasteiger partial charge in [-0.05, 0) is 29.7 Å². The van der Waals surface area contributed by atoms with Crippen molar-refractivity contribution in [1.82, 2.24) is 0 Å². The van der Waals surface area contributed by atoms with Crippen molar-refractivity contribution in [2.45, 2.75) is 108 Å². The zero-order valence-electron chi connectivity index (χ0n) is 15.4. The molecular weight excluding hydrogens is 296 g/mol. The first-order valence-corrected chi connectivity index (χ1v) is 12.4. The maximum atomic E-state index is 6.44. The van der Waals surface area contributed by atoms with E-state index < -0.39 is 0 Å². The second-order valence-corrected chi connectivity index (χ2v) is 10.5. The molecule has 0 amide bonds. The van der Waals surface area contributed by atoms with Crippen LogP contribution in [0.1, 0.15) is 103 Å². The van der Waals surface area contributed by atoms with E-state index in [9.17, 15) is 0 Å². The van der Waals surface area contributed by atoms with Gasteiger partial charge in [0.05, 0.1) is 0 Å². The minimum absolute atomic E-state index is 0.311. The summed E-state index contributed by atoms with van der Waals surface area (Å²) in [6, 6.07) is 0. The molecule has 0 unspecified atom stereocenters. The van der Waals surface area contributed by atoms with E-state index in [1.54, 1.807) is 0 Å². The Morgan fingerprint density at radius 1 is 0.652 bits per heavy atom. The van der Waals surface area contributed by atoms with Crippen molar-refractivity contribution < 1.29 is 4.43 Å². The first-order valence-electron chi connectivity index (χ1n) is 11.0. The molecule has 0 aromatic heterocycles.